The molecule has 0 radical (unpaired) electrons. The van der Waals surface area contributed by atoms with E-state index < -0.39 is 0 Å². The van der Waals surface area contributed by atoms with Gasteiger partial charge in [0.05, 0.1) is 5.69 Å². The molecule has 0 bridgehead atoms. The topological polar surface area (TPSA) is 61.8 Å². The monoisotopic (exact) mass is 277 g/mol. The van der Waals surface area contributed by atoms with E-state index in [-0.39, 0.29) is 5.84 Å². The maximum atomic E-state index is 8.98. The molecule has 0 aliphatic carbocycles. The molecular formula is C16H27N3O. The minimum atomic E-state index is 0.171. The Kier molecular flexibility index (Phi) is 6.36. The van der Waals surface area contributed by atoms with Crippen molar-refractivity contribution in [3.05, 3.63) is 29.3 Å². The number of unbranched alkanes of at least 4 members (excludes halogenated alkanes) is 2. The smallest absolute Gasteiger partial charge is 0.172 e. The summed E-state index contributed by atoms with van der Waals surface area (Å²) in [4.78, 5) is 2.35. The third-order valence-corrected chi connectivity index (χ3v) is 3.53. The first kappa shape index (κ1) is 16.3. The standard InChI is InChI=1S/C16H27N3O/c1-5-6-7-11-19(12(2)3)15-13(4)9-8-10-14(15)16(17)18-20/h8-10,12,20H,5-7,11H2,1-4H3,(H2,17,18). The lowest BCUT2D eigenvalue weighted by Crippen LogP contribution is -2.34. The minimum Gasteiger partial charge on any atom is -0.409 e. The van der Waals surface area contributed by atoms with Gasteiger partial charge in [-0.15, -0.1) is 0 Å². The van der Waals surface area contributed by atoms with Crippen molar-refractivity contribution in [2.24, 2.45) is 10.9 Å². The fourth-order valence-electron chi connectivity index (χ4n) is 2.46. The molecule has 112 valence electrons. The second kappa shape index (κ2) is 7.78. The van der Waals surface area contributed by atoms with E-state index >= 15 is 0 Å². The molecule has 1 rings (SSSR count). The summed E-state index contributed by atoms with van der Waals surface area (Å²) in [5.74, 6) is 0.171. The number of rotatable bonds is 7. The molecular weight excluding hydrogens is 250 g/mol. The van der Waals surface area contributed by atoms with Crippen molar-refractivity contribution in [1.29, 1.82) is 0 Å². The second-order valence-electron chi connectivity index (χ2n) is 5.45. The van der Waals surface area contributed by atoms with Crippen LogP contribution in [0.15, 0.2) is 23.4 Å². The van der Waals surface area contributed by atoms with Gasteiger partial charge in [-0.3, -0.25) is 0 Å². The Bertz CT molecular complexity index is 455. The Morgan fingerprint density at radius 1 is 1.35 bits per heavy atom. The summed E-state index contributed by atoms with van der Waals surface area (Å²) in [6.07, 6.45) is 3.57. The van der Waals surface area contributed by atoms with Crippen LogP contribution in [0.3, 0.4) is 0 Å². The molecule has 0 spiro atoms. The SMILES string of the molecule is CCCCCN(c1c(C)cccc1/C(N)=N/O)C(C)C. The van der Waals surface area contributed by atoms with E-state index in [4.69, 9.17) is 10.9 Å². The fourth-order valence-corrected chi connectivity index (χ4v) is 2.46. The largest absolute Gasteiger partial charge is 0.409 e. The van der Waals surface area contributed by atoms with Crippen LogP contribution in [0.2, 0.25) is 0 Å². The summed E-state index contributed by atoms with van der Waals surface area (Å²) in [5.41, 5.74) is 8.86. The zero-order valence-electron chi connectivity index (χ0n) is 13.1. The molecule has 0 unspecified atom stereocenters. The lowest BCUT2D eigenvalue weighted by atomic mass is 10.0. The highest BCUT2D eigenvalue weighted by molar-refractivity contribution is 6.02. The molecule has 1 aromatic rings. The highest BCUT2D eigenvalue weighted by atomic mass is 16.4. The van der Waals surface area contributed by atoms with Gasteiger partial charge < -0.3 is 15.8 Å². The Labute approximate surface area is 122 Å². The molecule has 0 atom stereocenters. The van der Waals surface area contributed by atoms with Crippen molar-refractivity contribution in [3.8, 4) is 0 Å². The first-order valence-electron chi connectivity index (χ1n) is 7.37. The van der Waals surface area contributed by atoms with E-state index in [0.29, 0.717) is 6.04 Å². The molecule has 0 heterocycles. The highest BCUT2D eigenvalue weighted by Gasteiger charge is 2.18. The predicted octanol–water partition coefficient (Wildman–Crippen LogP) is 3.49. The van der Waals surface area contributed by atoms with Crippen LogP contribution in [0.5, 0.6) is 0 Å². The van der Waals surface area contributed by atoms with E-state index in [1.165, 1.54) is 12.8 Å². The molecule has 0 aromatic heterocycles. The summed E-state index contributed by atoms with van der Waals surface area (Å²) in [5, 5.41) is 12.1. The van der Waals surface area contributed by atoms with Crippen molar-refractivity contribution in [2.75, 3.05) is 11.4 Å². The van der Waals surface area contributed by atoms with Crippen LogP contribution in [0.1, 0.15) is 51.2 Å². The lowest BCUT2D eigenvalue weighted by molar-refractivity contribution is 0.318. The number of hydrogen-bond donors (Lipinski definition) is 2. The summed E-state index contributed by atoms with van der Waals surface area (Å²) < 4.78 is 0. The van der Waals surface area contributed by atoms with Gasteiger partial charge in [-0.25, -0.2) is 0 Å². The molecule has 4 nitrogen and oxygen atoms in total. The minimum absolute atomic E-state index is 0.171. The van der Waals surface area contributed by atoms with Crippen molar-refractivity contribution < 1.29 is 5.21 Å². The second-order valence-corrected chi connectivity index (χ2v) is 5.45. The Morgan fingerprint density at radius 2 is 2.05 bits per heavy atom. The molecule has 0 aliphatic rings. The van der Waals surface area contributed by atoms with Gasteiger partial charge >= 0.3 is 0 Å². The van der Waals surface area contributed by atoms with Gasteiger partial charge in [-0.05, 0) is 38.8 Å². The number of nitrogens with zero attached hydrogens (tertiary/aromatic N) is 2. The molecule has 20 heavy (non-hydrogen) atoms. The van der Waals surface area contributed by atoms with Crippen LogP contribution in [-0.4, -0.2) is 23.6 Å². The lowest BCUT2D eigenvalue weighted by Gasteiger charge is -2.32. The van der Waals surface area contributed by atoms with Crippen LogP contribution >= 0.6 is 0 Å². The Hall–Kier alpha value is -1.71. The third kappa shape index (κ3) is 3.89. The van der Waals surface area contributed by atoms with Gasteiger partial charge in [-0.1, -0.05) is 37.1 Å². The molecule has 1 aromatic carbocycles. The van der Waals surface area contributed by atoms with Crippen LogP contribution in [0.4, 0.5) is 5.69 Å². The zero-order valence-corrected chi connectivity index (χ0v) is 13.1. The average molecular weight is 277 g/mol. The van der Waals surface area contributed by atoms with Crippen molar-refractivity contribution in [2.45, 2.75) is 53.0 Å². The number of benzene rings is 1. The van der Waals surface area contributed by atoms with E-state index in [0.717, 1.165) is 29.8 Å². The van der Waals surface area contributed by atoms with E-state index in [9.17, 15) is 0 Å². The first-order valence-corrected chi connectivity index (χ1v) is 7.37. The molecule has 0 amide bonds. The molecule has 0 fully saturated rings. The quantitative estimate of drug-likeness (QED) is 0.264. The number of aryl methyl sites for hydroxylation is 1. The third-order valence-electron chi connectivity index (χ3n) is 3.53. The van der Waals surface area contributed by atoms with Gasteiger partial charge in [0.15, 0.2) is 5.84 Å². The van der Waals surface area contributed by atoms with E-state index in [2.05, 4.69) is 43.8 Å². The fraction of sp³-hybridized carbons (Fsp3) is 0.562. The summed E-state index contributed by atoms with van der Waals surface area (Å²) in [7, 11) is 0. The van der Waals surface area contributed by atoms with Crippen LogP contribution in [0, 0.1) is 6.92 Å². The van der Waals surface area contributed by atoms with Gasteiger partial charge in [0.1, 0.15) is 0 Å². The molecule has 0 aliphatic heterocycles. The number of para-hydroxylation sites is 1. The Morgan fingerprint density at radius 3 is 2.60 bits per heavy atom. The van der Waals surface area contributed by atoms with Crippen molar-refractivity contribution in [1.82, 2.24) is 0 Å². The van der Waals surface area contributed by atoms with Crippen molar-refractivity contribution >= 4 is 11.5 Å². The van der Waals surface area contributed by atoms with Gasteiger partial charge in [-0.2, -0.15) is 0 Å². The summed E-state index contributed by atoms with van der Waals surface area (Å²) in [6.45, 7) is 9.61. The van der Waals surface area contributed by atoms with Crippen LogP contribution < -0.4 is 10.6 Å². The Balaban J connectivity index is 3.18. The normalized spacial score (nSPS) is 11.9. The molecule has 3 N–H and O–H groups in total. The average Bonchev–Trinajstić information content (AvgIpc) is 2.43. The van der Waals surface area contributed by atoms with E-state index in [1.807, 2.05) is 12.1 Å². The summed E-state index contributed by atoms with van der Waals surface area (Å²) in [6, 6.07) is 6.29. The van der Waals surface area contributed by atoms with Crippen LogP contribution in [-0.2, 0) is 0 Å². The maximum absolute atomic E-state index is 8.98. The number of oxime groups is 1. The highest BCUT2D eigenvalue weighted by Crippen LogP contribution is 2.27. The number of anilines is 1. The molecule has 0 saturated heterocycles. The van der Waals surface area contributed by atoms with Crippen molar-refractivity contribution in [3.63, 3.8) is 0 Å². The number of amidine groups is 1. The van der Waals surface area contributed by atoms with Gasteiger partial charge in [0, 0.05) is 18.2 Å². The number of nitrogens with two attached hydrogens (primary N) is 1. The number of hydrogen-bond acceptors (Lipinski definition) is 3. The molecule has 4 heteroatoms. The van der Waals surface area contributed by atoms with Gasteiger partial charge in [0.25, 0.3) is 0 Å². The predicted molar refractivity (Wildman–Crippen MR) is 85.7 cm³/mol. The first-order chi connectivity index (χ1) is 9.52. The van der Waals surface area contributed by atoms with E-state index in [1.54, 1.807) is 0 Å². The maximum Gasteiger partial charge on any atom is 0.172 e. The summed E-state index contributed by atoms with van der Waals surface area (Å²) >= 11 is 0. The zero-order chi connectivity index (χ0) is 15.1. The molecule has 0 saturated carbocycles. The van der Waals surface area contributed by atoms with Crippen LogP contribution in [0.25, 0.3) is 0 Å². The van der Waals surface area contributed by atoms with Gasteiger partial charge in [0.2, 0.25) is 0 Å².